The number of esters is 2. The second kappa shape index (κ2) is 30.6. The summed E-state index contributed by atoms with van der Waals surface area (Å²) in [5.41, 5.74) is -1.05. The van der Waals surface area contributed by atoms with Crippen molar-refractivity contribution < 1.29 is 19.1 Å². The summed E-state index contributed by atoms with van der Waals surface area (Å²) in [6.45, 7) is 5.43. The summed E-state index contributed by atoms with van der Waals surface area (Å²) in [6, 6.07) is 0. The number of rotatable bonds is 32. The van der Waals surface area contributed by atoms with Crippen molar-refractivity contribution in [2.45, 2.75) is 226 Å². The van der Waals surface area contributed by atoms with Crippen LogP contribution < -0.4 is 0 Å². The SMILES string of the molecule is CCCCCCCCCCCCCCCCOC(=O)C1(C(=O)OCCCCCCCCCCCCCCCC)CCCCC1. The lowest BCUT2D eigenvalue weighted by Gasteiger charge is -2.32. The van der Waals surface area contributed by atoms with Gasteiger partial charge in [0.2, 0.25) is 0 Å². The summed E-state index contributed by atoms with van der Waals surface area (Å²) >= 11 is 0. The molecule has 260 valence electrons. The second-order valence-electron chi connectivity index (χ2n) is 14.1. The van der Waals surface area contributed by atoms with Crippen molar-refractivity contribution in [1.82, 2.24) is 0 Å². The van der Waals surface area contributed by atoms with Crippen LogP contribution in [0, 0.1) is 5.41 Å². The van der Waals surface area contributed by atoms with Crippen molar-refractivity contribution in [3.05, 3.63) is 0 Å². The molecular weight excluding hydrogens is 544 g/mol. The minimum Gasteiger partial charge on any atom is -0.465 e. The quantitative estimate of drug-likeness (QED) is 0.0426. The molecule has 1 fully saturated rings. The standard InChI is InChI=1S/C40H76O4/c1-3-5-7-9-11-13-15-17-19-21-23-25-27-32-36-43-38(41)40(34-30-29-31-35-40)39(42)44-37-33-28-26-24-22-20-18-16-14-12-10-8-6-4-2/h3-37H2,1-2H3. The molecule has 0 heterocycles. The lowest BCUT2D eigenvalue weighted by molar-refractivity contribution is -0.175. The molecular formula is C40H76O4. The molecule has 1 aliphatic rings. The molecule has 1 aliphatic carbocycles. The zero-order chi connectivity index (χ0) is 31.8. The van der Waals surface area contributed by atoms with Gasteiger partial charge in [-0.05, 0) is 25.7 Å². The third-order valence-corrected chi connectivity index (χ3v) is 9.95. The van der Waals surface area contributed by atoms with E-state index in [1.165, 1.54) is 154 Å². The Kier molecular flexibility index (Phi) is 28.5. The van der Waals surface area contributed by atoms with Gasteiger partial charge in [-0.2, -0.15) is 0 Å². The fourth-order valence-electron chi connectivity index (χ4n) is 6.85. The molecule has 0 aromatic rings. The average molecular weight is 621 g/mol. The molecule has 0 amide bonds. The first-order valence-corrected chi connectivity index (χ1v) is 20.0. The number of hydrogen-bond acceptors (Lipinski definition) is 4. The van der Waals surface area contributed by atoms with E-state index in [0.29, 0.717) is 26.1 Å². The number of unbranched alkanes of at least 4 members (excludes halogenated alkanes) is 26. The highest BCUT2D eigenvalue weighted by Gasteiger charge is 2.49. The molecule has 0 spiro atoms. The maximum atomic E-state index is 13.1. The van der Waals surface area contributed by atoms with Crippen LogP contribution >= 0.6 is 0 Å². The maximum Gasteiger partial charge on any atom is 0.323 e. The molecule has 0 unspecified atom stereocenters. The van der Waals surface area contributed by atoms with Gasteiger partial charge in [-0.25, -0.2) is 0 Å². The van der Waals surface area contributed by atoms with Crippen LogP contribution in [0.4, 0.5) is 0 Å². The first-order valence-electron chi connectivity index (χ1n) is 20.0. The predicted octanol–water partition coefficient (Wildman–Crippen LogP) is 13.0. The van der Waals surface area contributed by atoms with Crippen molar-refractivity contribution in [1.29, 1.82) is 0 Å². The van der Waals surface area contributed by atoms with E-state index in [-0.39, 0.29) is 11.9 Å². The minimum atomic E-state index is -1.05. The summed E-state index contributed by atoms with van der Waals surface area (Å²) in [7, 11) is 0. The van der Waals surface area contributed by atoms with Gasteiger partial charge in [0.25, 0.3) is 0 Å². The van der Waals surface area contributed by atoms with E-state index in [2.05, 4.69) is 13.8 Å². The van der Waals surface area contributed by atoms with Gasteiger partial charge in [-0.3, -0.25) is 9.59 Å². The van der Waals surface area contributed by atoms with Gasteiger partial charge in [0.15, 0.2) is 5.41 Å². The average Bonchev–Trinajstić information content (AvgIpc) is 3.04. The van der Waals surface area contributed by atoms with Crippen molar-refractivity contribution in [3.63, 3.8) is 0 Å². The van der Waals surface area contributed by atoms with Gasteiger partial charge in [0.05, 0.1) is 13.2 Å². The molecule has 44 heavy (non-hydrogen) atoms. The first-order chi connectivity index (χ1) is 21.7. The van der Waals surface area contributed by atoms with Crippen molar-refractivity contribution in [2.24, 2.45) is 5.41 Å². The zero-order valence-corrected chi connectivity index (χ0v) is 29.9. The van der Waals surface area contributed by atoms with Crippen LogP contribution in [0.15, 0.2) is 0 Å². The molecule has 1 rings (SSSR count). The Balaban J connectivity index is 2.05. The topological polar surface area (TPSA) is 52.6 Å². The van der Waals surface area contributed by atoms with Gasteiger partial charge >= 0.3 is 11.9 Å². The van der Waals surface area contributed by atoms with Gasteiger partial charge < -0.3 is 9.47 Å². The minimum absolute atomic E-state index is 0.321. The Labute approximate surface area is 275 Å². The Morgan fingerprint density at radius 3 is 0.909 bits per heavy atom. The largest absolute Gasteiger partial charge is 0.465 e. The maximum absolute atomic E-state index is 13.1. The number of hydrogen-bond donors (Lipinski definition) is 0. The summed E-state index contributed by atoms with van der Waals surface area (Å²) < 4.78 is 11.4. The molecule has 0 saturated heterocycles. The Morgan fingerprint density at radius 2 is 0.636 bits per heavy atom. The van der Waals surface area contributed by atoms with E-state index in [1.54, 1.807) is 0 Å². The van der Waals surface area contributed by atoms with Crippen molar-refractivity contribution in [2.75, 3.05) is 13.2 Å². The van der Waals surface area contributed by atoms with Crippen LogP contribution in [0.25, 0.3) is 0 Å². The predicted molar refractivity (Wildman–Crippen MR) is 188 cm³/mol. The molecule has 0 aliphatic heterocycles. The fraction of sp³-hybridized carbons (Fsp3) is 0.950. The molecule has 0 radical (unpaired) electrons. The highest BCUT2D eigenvalue weighted by Crippen LogP contribution is 2.39. The van der Waals surface area contributed by atoms with Crippen LogP contribution in [0.5, 0.6) is 0 Å². The molecule has 4 heteroatoms. The fourth-order valence-corrected chi connectivity index (χ4v) is 6.85. The highest BCUT2D eigenvalue weighted by molar-refractivity contribution is 6.00. The molecule has 0 bridgehead atoms. The van der Waals surface area contributed by atoms with Gasteiger partial charge in [0, 0.05) is 0 Å². The first kappa shape index (κ1) is 41.0. The third-order valence-electron chi connectivity index (χ3n) is 9.95. The monoisotopic (exact) mass is 621 g/mol. The van der Waals surface area contributed by atoms with Gasteiger partial charge in [0.1, 0.15) is 0 Å². The lowest BCUT2D eigenvalue weighted by atomic mass is 9.74. The van der Waals surface area contributed by atoms with Crippen LogP contribution in [-0.2, 0) is 19.1 Å². The smallest absolute Gasteiger partial charge is 0.323 e. The number of carbonyl (C=O) groups is 2. The van der Waals surface area contributed by atoms with Gasteiger partial charge in [-0.15, -0.1) is 0 Å². The molecule has 0 atom stereocenters. The van der Waals surface area contributed by atoms with E-state index < -0.39 is 5.41 Å². The van der Waals surface area contributed by atoms with E-state index in [9.17, 15) is 9.59 Å². The Bertz CT molecular complexity index is 591. The van der Waals surface area contributed by atoms with Crippen molar-refractivity contribution in [3.8, 4) is 0 Å². The van der Waals surface area contributed by atoms with Crippen molar-refractivity contribution >= 4 is 11.9 Å². The van der Waals surface area contributed by atoms with E-state index in [4.69, 9.17) is 9.47 Å². The molecule has 0 aromatic heterocycles. The normalized spacial score (nSPS) is 14.5. The molecule has 0 N–H and O–H groups in total. The van der Waals surface area contributed by atoms with Crippen LogP contribution in [0.1, 0.15) is 226 Å². The Morgan fingerprint density at radius 1 is 0.386 bits per heavy atom. The highest BCUT2D eigenvalue weighted by atomic mass is 16.6. The second-order valence-corrected chi connectivity index (χ2v) is 14.1. The molecule has 4 nitrogen and oxygen atoms in total. The Hall–Kier alpha value is -1.06. The van der Waals surface area contributed by atoms with Crippen LogP contribution in [-0.4, -0.2) is 25.2 Å². The van der Waals surface area contributed by atoms with E-state index >= 15 is 0 Å². The number of ether oxygens (including phenoxy) is 2. The zero-order valence-electron chi connectivity index (χ0n) is 29.9. The van der Waals surface area contributed by atoms with E-state index in [1.807, 2.05) is 0 Å². The third kappa shape index (κ3) is 21.6. The summed E-state index contributed by atoms with van der Waals surface area (Å²) in [6.07, 6.45) is 40.7. The van der Waals surface area contributed by atoms with E-state index in [0.717, 1.165) is 44.9 Å². The summed E-state index contributed by atoms with van der Waals surface area (Å²) in [5, 5.41) is 0. The number of carbonyl (C=O) groups excluding carboxylic acids is 2. The van der Waals surface area contributed by atoms with Crippen LogP contribution in [0.2, 0.25) is 0 Å². The summed E-state index contributed by atoms with van der Waals surface area (Å²) in [4.78, 5) is 26.3. The van der Waals surface area contributed by atoms with Crippen LogP contribution in [0.3, 0.4) is 0 Å². The van der Waals surface area contributed by atoms with Gasteiger partial charge in [-0.1, -0.05) is 200 Å². The lowest BCUT2D eigenvalue weighted by Crippen LogP contribution is -2.43. The molecule has 1 saturated carbocycles. The summed E-state index contributed by atoms with van der Waals surface area (Å²) in [5.74, 6) is -0.643. The molecule has 0 aromatic carbocycles.